The first kappa shape index (κ1) is 13.9. The molecular formula is C17H26N2O. The van der Waals surface area contributed by atoms with Crippen molar-refractivity contribution >= 4 is 0 Å². The number of benzene rings is 1. The lowest BCUT2D eigenvalue weighted by molar-refractivity contribution is 0.129. The van der Waals surface area contributed by atoms with E-state index in [-0.39, 0.29) is 5.54 Å². The average molecular weight is 274 g/mol. The highest BCUT2D eigenvalue weighted by molar-refractivity contribution is 5.42. The summed E-state index contributed by atoms with van der Waals surface area (Å²) in [5, 5.41) is 3.82. The summed E-state index contributed by atoms with van der Waals surface area (Å²) < 4.78 is 5.38. The van der Waals surface area contributed by atoms with Gasteiger partial charge in [-0.2, -0.15) is 0 Å². The third-order valence-electron chi connectivity index (χ3n) is 4.94. The van der Waals surface area contributed by atoms with Gasteiger partial charge in [-0.1, -0.05) is 13.0 Å². The number of piperidine rings is 1. The second kappa shape index (κ2) is 5.74. The zero-order valence-corrected chi connectivity index (χ0v) is 12.7. The largest absolute Gasteiger partial charge is 0.497 e. The molecule has 0 bridgehead atoms. The van der Waals surface area contributed by atoms with E-state index in [0.29, 0.717) is 0 Å². The molecule has 2 aliphatic rings. The van der Waals surface area contributed by atoms with E-state index in [0.717, 1.165) is 18.7 Å². The minimum atomic E-state index is 0.212. The van der Waals surface area contributed by atoms with Crippen molar-refractivity contribution in [2.24, 2.45) is 0 Å². The maximum atomic E-state index is 5.38. The van der Waals surface area contributed by atoms with Crippen LogP contribution in [0.15, 0.2) is 18.2 Å². The zero-order chi connectivity index (χ0) is 14.0. The summed E-state index contributed by atoms with van der Waals surface area (Å²) in [4.78, 5) is 2.60. The van der Waals surface area contributed by atoms with Gasteiger partial charge in [-0.05, 0) is 55.5 Å². The Balaban J connectivity index is 1.83. The van der Waals surface area contributed by atoms with E-state index in [1.807, 2.05) is 0 Å². The number of hydrogen-bond acceptors (Lipinski definition) is 3. The van der Waals surface area contributed by atoms with E-state index in [4.69, 9.17) is 4.74 Å². The monoisotopic (exact) mass is 274 g/mol. The summed E-state index contributed by atoms with van der Waals surface area (Å²) in [5.41, 5.74) is 3.21. The van der Waals surface area contributed by atoms with Gasteiger partial charge in [0.1, 0.15) is 5.75 Å². The normalized spacial score (nSPS) is 21.7. The maximum Gasteiger partial charge on any atom is 0.119 e. The molecule has 1 aromatic carbocycles. The molecule has 1 fully saturated rings. The third kappa shape index (κ3) is 2.45. The Morgan fingerprint density at radius 3 is 2.80 bits per heavy atom. The highest BCUT2D eigenvalue weighted by Gasteiger charge is 2.38. The van der Waals surface area contributed by atoms with Crippen LogP contribution >= 0.6 is 0 Å². The Morgan fingerprint density at radius 2 is 2.10 bits per heavy atom. The quantitative estimate of drug-likeness (QED) is 0.917. The lowest BCUT2D eigenvalue weighted by atomic mass is 9.76. The van der Waals surface area contributed by atoms with Crippen LogP contribution in [0.3, 0.4) is 0 Å². The Kier molecular flexibility index (Phi) is 3.99. The fraction of sp³-hybridized carbons (Fsp3) is 0.647. The van der Waals surface area contributed by atoms with Crippen molar-refractivity contribution < 1.29 is 4.74 Å². The van der Waals surface area contributed by atoms with Crippen molar-refractivity contribution in [1.82, 2.24) is 10.2 Å². The molecule has 20 heavy (non-hydrogen) atoms. The topological polar surface area (TPSA) is 24.5 Å². The average Bonchev–Trinajstić information content (AvgIpc) is 2.50. The minimum Gasteiger partial charge on any atom is -0.497 e. The van der Waals surface area contributed by atoms with Gasteiger partial charge in [-0.3, -0.25) is 0 Å². The first-order valence-corrected chi connectivity index (χ1v) is 7.92. The predicted octanol–water partition coefficient (Wildman–Crippen LogP) is 2.54. The van der Waals surface area contributed by atoms with Crippen LogP contribution in [-0.2, 0) is 12.0 Å². The highest BCUT2D eigenvalue weighted by atomic mass is 16.5. The van der Waals surface area contributed by atoms with Crippen molar-refractivity contribution in [1.29, 1.82) is 0 Å². The number of nitrogens with one attached hydrogen (secondary N) is 1. The van der Waals surface area contributed by atoms with Gasteiger partial charge in [0, 0.05) is 25.2 Å². The summed E-state index contributed by atoms with van der Waals surface area (Å²) in [5.74, 6) is 0.990. The van der Waals surface area contributed by atoms with Gasteiger partial charge < -0.3 is 15.0 Å². The standard InChI is InChI=1S/C17H26N2O/c1-3-10-19-11-7-17(8-12-19)16-5-4-15(20-2)13-14(16)6-9-18-17/h4-5,13,18H,3,6-12H2,1-2H3. The van der Waals surface area contributed by atoms with Crippen LogP contribution in [-0.4, -0.2) is 38.2 Å². The van der Waals surface area contributed by atoms with Crippen LogP contribution in [0.25, 0.3) is 0 Å². The number of fused-ring (bicyclic) bond motifs is 2. The summed E-state index contributed by atoms with van der Waals surface area (Å²) in [7, 11) is 1.75. The van der Waals surface area contributed by atoms with Crippen molar-refractivity contribution in [3.63, 3.8) is 0 Å². The van der Waals surface area contributed by atoms with Gasteiger partial charge >= 0.3 is 0 Å². The van der Waals surface area contributed by atoms with Crippen LogP contribution in [0, 0.1) is 0 Å². The number of likely N-dealkylation sites (tertiary alicyclic amines) is 1. The Bertz CT molecular complexity index is 464. The molecule has 2 heterocycles. The van der Waals surface area contributed by atoms with E-state index in [1.165, 1.54) is 50.0 Å². The Morgan fingerprint density at radius 1 is 1.30 bits per heavy atom. The first-order chi connectivity index (χ1) is 9.77. The number of ether oxygens (including phenoxy) is 1. The minimum absolute atomic E-state index is 0.212. The van der Waals surface area contributed by atoms with Gasteiger partial charge in [0.15, 0.2) is 0 Å². The fourth-order valence-electron chi connectivity index (χ4n) is 3.82. The van der Waals surface area contributed by atoms with E-state index >= 15 is 0 Å². The van der Waals surface area contributed by atoms with Crippen molar-refractivity contribution in [2.45, 2.75) is 38.1 Å². The molecule has 1 aromatic rings. The summed E-state index contributed by atoms with van der Waals surface area (Å²) in [6.45, 7) is 7.03. The number of nitrogens with zero attached hydrogens (tertiary/aromatic N) is 1. The second-order valence-electron chi connectivity index (χ2n) is 6.12. The number of hydrogen-bond donors (Lipinski definition) is 1. The van der Waals surface area contributed by atoms with E-state index in [9.17, 15) is 0 Å². The van der Waals surface area contributed by atoms with Crippen LogP contribution < -0.4 is 10.1 Å². The van der Waals surface area contributed by atoms with Gasteiger partial charge in [-0.25, -0.2) is 0 Å². The molecule has 3 nitrogen and oxygen atoms in total. The van der Waals surface area contributed by atoms with Gasteiger partial charge in [0.05, 0.1) is 7.11 Å². The molecule has 2 aliphatic heterocycles. The smallest absolute Gasteiger partial charge is 0.119 e. The number of rotatable bonds is 3. The zero-order valence-electron chi connectivity index (χ0n) is 12.7. The molecule has 0 amide bonds. The molecule has 0 saturated carbocycles. The van der Waals surface area contributed by atoms with E-state index in [2.05, 4.69) is 35.3 Å². The Labute approximate surface area is 122 Å². The lowest BCUT2D eigenvalue weighted by Gasteiger charge is -2.46. The molecule has 3 heteroatoms. The summed E-state index contributed by atoms with van der Waals surface area (Å²) in [6.07, 6.45) is 4.83. The summed E-state index contributed by atoms with van der Waals surface area (Å²) >= 11 is 0. The summed E-state index contributed by atoms with van der Waals surface area (Å²) in [6, 6.07) is 6.64. The van der Waals surface area contributed by atoms with Gasteiger partial charge in [0.2, 0.25) is 0 Å². The first-order valence-electron chi connectivity index (χ1n) is 7.92. The molecule has 110 valence electrons. The van der Waals surface area contributed by atoms with Crippen LogP contribution in [0.5, 0.6) is 5.75 Å². The van der Waals surface area contributed by atoms with Gasteiger partial charge in [-0.15, -0.1) is 0 Å². The molecule has 3 rings (SSSR count). The molecule has 0 unspecified atom stereocenters. The lowest BCUT2D eigenvalue weighted by Crippen LogP contribution is -2.54. The molecule has 0 aromatic heterocycles. The van der Waals surface area contributed by atoms with Crippen molar-refractivity contribution in [3.8, 4) is 5.75 Å². The maximum absolute atomic E-state index is 5.38. The highest BCUT2D eigenvalue weighted by Crippen LogP contribution is 2.38. The molecule has 1 spiro atoms. The SMILES string of the molecule is CCCN1CCC2(CC1)NCCc1cc(OC)ccc12. The predicted molar refractivity (Wildman–Crippen MR) is 82.3 cm³/mol. The number of methoxy groups -OCH3 is 1. The van der Waals surface area contributed by atoms with Crippen LogP contribution in [0.4, 0.5) is 0 Å². The van der Waals surface area contributed by atoms with E-state index in [1.54, 1.807) is 7.11 Å². The third-order valence-corrected chi connectivity index (χ3v) is 4.94. The fourth-order valence-corrected chi connectivity index (χ4v) is 3.82. The van der Waals surface area contributed by atoms with Crippen LogP contribution in [0.1, 0.15) is 37.3 Å². The molecule has 0 atom stereocenters. The van der Waals surface area contributed by atoms with Crippen molar-refractivity contribution in [2.75, 3.05) is 33.3 Å². The van der Waals surface area contributed by atoms with Gasteiger partial charge in [0.25, 0.3) is 0 Å². The van der Waals surface area contributed by atoms with Crippen molar-refractivity contribution in [3.05, 3.63) is 29.3 Å². The molecule has 0 radical (unpaired) electrons. The molecule has 1 N–H and O–H groups in total. The van der Waals surface area contributed by atoms with E-state index < -0.39 is 0 Å². The molecule has 1 saturated heterocycles. The molecule has 0 aliphatic carbocycles. The molecular weight excluding hydrogens is 248 g/mol. The Hall–Kier alpha value is -1.06. The second-order valence-corrected chi connectivity index (χ2v) is 6.12. The van der Waals surface area contributed by atoms with Crippen LogP contribution in [0.2, 0.25) is 0 Å².